The Labute approximate surface area is 204 Å². The van der Waals surface area contributed by atoms with Gasteiger partial charge in [-0.05, 0) is 44.1 Å². The van der Waals surface area contributed by atoms with E-state index in [9.17, 15) is 18.0 Å². The van der Waals surface area contributed by atoms with E-state index in [1.165, 1.54) is 0 Å². The Morgan fingerprint density at radius 2 is 2.06 bits per heavy atom. The molecule has 35 heavy (non-hydrogen) atoms. The van der Waals surface area contributed by atoms with Crippen molar-refractivity contribution in [3.8, 4) is 0 Å². The Balaban J connectivity index is 1.38. The van der Waals surface area contributed by atoms with Gasteiger partial charge in [-0.15, -0.1) is 0 Å². The van der Waals surface area contributed by atoms with E-state index in [1.807, 2.05) is 4.90 Å². The largest absolute Gasteiger partial charge is 0.433 e. The second kappa shape index (κ2) is 11.0. The zero-order valence-electron chi connectivity index (χ0n) is 20.5. The van der Waals surface area contributed by atoms with Gasteiger partial charge in [-0.25, -0.2) is 9.97 Å². The Bertz CT molecular complexity index is 865. The van der Waals surface area contributed by atoms with Gasteiger partial charge in [0.05, 0.1) is 12.0 Å². The molecule has 2 saturated heterocycles. The predicted octanol–water partition coefficient (Wildman–Crippen LogP) is 2.73. The first-order valence-corrected chi connectivity index (χ1v) is 12.5. The van der Waals surface area contributed by atoms with Gasteiger partial charge in [0.15, 0.2) is 0 Å². The normalized spacial score (nSPS) is 30.0. The van der Waals surface area contributed by atoms with Crippen molar-refractivity contribution in [3.05, 3.63) is 18.0 Å². The number of piperazine rings is 1. The van der Waals surface area contributed by atoms with Crippen LogP contribution in [0.3, 0.4) is 0 Å². The molecular weight excluding hydrogens is 463 g/mol. The predicted molar refractivity (Wildman–Crippen MR) is 124 cm³/mol. The van der Waals surface area contributed by atoms with E-state index in [1.54, 1.807) is 12.0 Å². The molecular formula is C24H36F3N5O3. The lowest BCUT2D eigenvalue weighted by atomic mass is 9.80. The Morgan fingerprint density at radius 1 is 1.29 bits per heavy atom. The molecule has 3 fully saturated rings. The molecule has 1 aromatic rings. The molecule has 1 amide bonds. The van der Waals surface area contributed by atoms with E-state index in [0.717, 1.165) is 51.2 Å². The maximum Gasteiger partial charge on any atom is 0.433 e. The van der Waals surface area contributed by atoms with Gasteiger partial charge in [0.25, 0.3) is 0 Å². The third-order valence-electron chi connectivity index (χ3n) is 7.72. The first-order chi connectivity index (χ1) is 16.7. The number of hydrogen-bond donors (Lipinski definition) is 1. The fourth-order valence-corrected chi connectivity index (χ4v) is 5.63. The molecule has 0 spiro atoms. The topological polar surface area (TPSA) is 79.8 Å². The van der Waals surface area contributed by atoms with Crippen molar-refractivity contribution in [2.24, 2.45) is 11.3 Å². The summed E-state index contributed by atoms with van der Waals surface area (Å²) in [5, 5.41) is 3.79. The minimum absolute atomic E-state index is 0.0525. The second-order valence-corrected chi connectivity index (χ2v) is 10.1. The van der Waals surface area contributed by atoms with Crippen molar-refractivity contribution < 1.29 is 27.4 Å². The van der Waals surface area contributed by atoms with Gasteiger partial charge >= 0.3 is 6.18 Å². The number of methoxy groups -OCH3 is 1. The first kappa shape index (κ1) is 26.1. The fraction of sp³-hybridized carbons (Fsp3) is 0.792. The van der Waals surface area contributed by atoms with Gasteiger partial charge < -0.3 is 24.6 Å². The van der Waals surface area contributed by atoms with Gasteiger partial charge in [-0.3, -0.25) is 4.79 Å². The number of rotatable bonds is 7. The lowest BCUT2D eigenvalue weighted by Gasteiger charge is -2.40. The number of amides is 1. The summed E-state index contributed by atoms with van der Waals surface area (Å²) in [6, 6.07) is 1.55. The van der Waals surface area contributed by atoms with Crippen LogP contribution in [0.4, 0.5) is 19.1 Å². The van der Waals surface area contributed by atoms with Crippen LogP contribution in [0.1, 0.15) is 44.7 Å². The molecule has 0 aromatic carbocycles. The summed E-state index contributed by atoms with van der Waals surface area (Å²) in [7, 11) is 1.65. The quantitative estimate of drug-likeness (QED) is 0.618. The summed E-state index contributed by atoms with van der Waals surface area (Å²) in [5.41, 5.74) is -1.43. The van der Waals surface area contributed by atoms with Crippen LogP contribution in [0.15, 0.2) is 12.3 Å². The molecule has 0 radical (unpaired) electrons. The second-order valence-electron chi connectivity index (χ2n) is 10.1. The number of halogens is 3. The van der Waals surface area contributed by atoms with Crippen LogP contribution < -0.4 is 10.2 Å². The zero-order chi connectivity index (χ0) is 25.1. The standard InChI is InChI=1S/C24H36F3N5O3/c1-17-16-35-13-5-19(17)29-18-3-6-23(15-18,7-14-34-2)21(33)31-9-11-32(12-10-31)22-28-8-4-20(30-22)24(25,26)27/h4,8,17-19,29H,3,5-7,9-16H2,1-2H3/t17?,18-,19?,23+/m0/s1. The van der Waals surface area contributed by atoms with Crippen LogP contribution in [0.5, 0.6) is 0 Å². The molecule has 0 bridgehead atoms. The molecule has 8 nitrogen and oxygen atoms in total. The van der Waals surface area contributed by atoms with Gasteiger partial charge in [0, 0.05) is 64.8 Å². The van der Waals surface area contributed by atoms with Crippen LogP contribution in [-0.2, 0) is 20.4 Å². The summed E-state index contributed by atoms with van der Waals surface area (Å²) in [6.07, 6.45) is 0.790. The minimum Gasteiger partial charge on any atom is -0.385 e. The number of carbonyl (C=O) groups excluding carboxylic acids is 1. The van der Waals surface area contributed by atoms with Crippen molar-refractivity contribution in [1.29, 1.82) is 0 Å². The van der Waals surface area contributed by atoms with Crippen LogP contribution >= 0.6 is 0 Å². The highest BCUT2D eigenvalue weighted by Gasteiger charge is 2.47. The number of anilines is 1. The molecule has 4 rings (SSSR count). The molecule has 3 heterocycles. The van der Waals surface area contributed by atoms with Gasteiger partial charge in [0.2, 0.25) is 11.9 Å². The van der Waals surface area contributed by atoms with Crippen molar-refractivity contribution in [2.75, 3.05) is 58.0 Å². The smallest absolute Gasteiger partial charge is 0.385 e. The summed E-state index contributed by atoms with van der Waals surface area (Å²) in [4.78, 5) is 25.1. The monoisotopic (exact) mass is 499 g/mol. The Morgan fingerprint density at radius 3 is 2.74 bits per heavy atom. The van der Waals surface area contributed by atoms with E-state index in [4.69, 9.17) is 9.47 Å². The molecule has 1 aliphatic carbocycles. The zero-order valence-corrected chi connectivity index (χ0v) is 20.5. The van der Waals surface area contributed by atoms with Gasteiger partial charge in [-0.1, -0.05) is 6.92 Å². The molecule has 196 valence electrons. The Kier molecular flexibility index (Phi) is 8.17. The van der Waals surface area contributed by atoms with Gasteiger partial charge in [0.1, 0.15) is 5.69 Å². The van der Waals surface area contributed by atoms with Crippen molar-refractivity contribution in [1.82, 2.24) is 20.2 Å². The summed E-state index contributed by atoms with van der Waals surface area (Å²) >= 11 is 0. The van der Waals surface area contributed by atoms with Crippen molar-refractivity contribution in [3.63, 3.8) is 0 Å². The fourth-order valence-electron chi connectivity index (χ4n) is 5.63. The maximum atomic E-state index is 13.8. The van der Waals surface area contributed by atoms with E-state index in [0.29, 0.717) is 51.2 Å². The van der Waals surface area contributed by atoms with Crippen LogP contribution in [0.25, 0.3) is 0 Å². The molecule has 3 aliphatic rings. The number of nitrogens with one attached hydrogen (secondary N) is 1. The SMILES string of the molecule is COCC[C@]1(C(=O)N2CCN(c3nccc(C(F)(F)F)n3)CC2)CC[C@H](NC2CCOCC2C)C1. The van der Waals surface area contributed by atoms with Crippen LogP contribution in [-0.4, -0.2) is 86.0 Å². The van der Waals surface area contributed by atoms with E-state index < -0.39 is 17.3 Å². The summed E-state index contributed by atoms with van der Waals surface area (Å²) < 4.78 is 50.0. The maximum absolute atomic E-state index is 13.8. The first-order valence-electron chi connectivity index (χ1n) is 12.5. The minimum atomic E-state index is -4.52. The number of alkyl halides is 3. The average Bonchev–Trinajstić information content (AvgIpc) is 3.27. The summed E-state index contributed by atoms with van der Waals surface area (Å²) in [5.74, 6) is 0.625. The van der Waals surface area contributed by atoms with Crippen molar-refractivity contribution >= 4 is 11.9 Å². The lowest BCUT2D eigenvalue weighted by Crippen LogP contribution is -2.54. The molecule has 11 heteroatoms. The van der Waals surface area contributed by atoms with E-state index in [2.05, 4.69) is 22.2 Å². The van der Waals surface area contributed by atoms with Crippen molar-refractivity contribution in [2.45, 2.75) is 57.3 Å². The Hall–Kier alpha value is -1.98. The molecule has 2 aliphatic heterocycles. The highest BCUT2D eigenvalue weighted by Crippen LogP contribution is 2.43. The number of hydrogen-bond acceptors (Lipinski definition) is 7. The molecule has 1 saturated carbocycles. The lowest BCUT2D eigenvalue weighted by molar-refractivity contribution is -0.143. The molecule has 4 atom stereocenters. The highest BCUT2D eigenvalue weighted by molar-refractivity contribution is 5.83. The molecule has 1 N–H and O–H groups in total. The van der Waals surface area contributed by atoms with Crippen LogP contribution in [0.2, 0.25) is 0 Å². The third-order valence-corrected chi connectivity index (χ3v) is 7.72. The number of ether oxygens (including phenoxy) is 2. The van der Waals surface area contributed by atoms with E-state index in [-0.39, 0.29) is 17.9 Å². The highest BCUT2D eigenvalue weighted by atomic mass is 19.4. The van der Waals surface area contributed by atoms with Gasteiger partial charge in [-0.2, -0.15) is 13.2 Å². The average molecular weight is 500 g/mol. The third kappa shape index (κ3) is 6.06. The number of nitrogens with zero attached hydrogens (tertiary/aromatic N) is 4. The summed E-state index contributed by atoms with van der Waals surface area (Å²) in [6.45, 7) is 5.90. The van der Waals surface area contributed by atoms with E-state index >= 15 is 0 Å². The molecule has 1 aromatic heterocycles. The number of carbonyl (C=O) groups is 1. The number of aromatic nitrogens is 2. The molecule has 2 unspecified atom stereocenters. The van der Waals surface area contributed by atoms with Crippen LogP contribution in [0, 0.1) is 11.3 Å².